The van der Waals surface area contributed by atoms with Crippen LogP contribution in [0.15, 0.2) is 140 Å². The number of hydrogen-bond acceptors (Lipinski definition) is 15. The largest absolute Gasteiger partial charge is 0.496 e. The molecule has 15 heteroatoms. The summed E-state index contributed by atoms with van der Waals surface area (Å²) in [6, 6.07) is 33.6. The lowest BCUT2D eigenvalue weighted by atomic mass is 10.2. The van der Waals surface area contributed by atoms with E-state index >= 15 is 0 Å². The Hall–Kier alpha value is -8.30. The fraction of sp³-hybridized carbons (Fsp3) is 0.143. The molecule has 0 aromatic heterocycles. The molecule has 0 bridgehead atoms. The normalized spacial score (nSPS) is 11.0. The van der Waals surface area contributed by atoms with Gasteiger partial charge in [-0.3, -0.25) is 4.79 Å². The SMILES string of the molecule is COc1cc(OCCC(C)OC)ccc1C(=O)Oc1ccc(C(=O)Oc2ccc(C(=O)Oc3ccc(OC(=O)c4ccc(OC(=O)c5ccc(OC(C)=O)cc5)cc4)cc3)cc2)cc1. The van der Waals surface area contributed by atoms with Gasteiger partial charge in [-0.25, -0.2) is 24.0 Å². The first-order valence-electron chi connectivity index (χ1n) is 19.5. The van der Waals surface area contributed by atoms with E-state index in [9.17, 15) is 28.8 Å². The van der Waals surface area contributed by atoms with Gasteiger partial charge in [-0.1, -0.05) is 0 Å². The highest BCUT2D eigenvalue weighted by molar-refractivity contribution is 5.96. The quantitative estimate of drug-likeness (QED) is 0.0627. The van der Waals surface area contributed by atoms with Gasteiger partial charge in [-0.2, -0.15) is 0 Å². The summed E-state index contributed by atoms with van der Waals surface area (Å²) in [6.45, 7) is 3.63. The molecule has 1 unspecified atom stereocenters. The summed E-state index contributed by atoms with van der Waals surface area (Å²) in [6.07, 6.45) is 0.726. The van der Waals surface area contributed by atoms with Gasteiger partial charge in [-0.05, 0) is 140 Å². The third-order valence-electron chi connectivity index (χ3n) is 9.09. The summed E-state index contributed by atoms with van der Waals surface area (Å²) in [5.74, 6) is -1.90. The molecule has 0 N–H and O–H groups in total. The third-order valence-corrected chi connectivity index (χ3v) is 9.09. The molecule has 0 spiro atoms. The lowest BCUT2D eigenvalue weighted by Crippen LogP contribution is -2.12. The molecule has 0 radical (unpaired) electrons. The molecule has 1 atom stereocenters. The van der Waals surface area contributed by atoms with Crippen LogP contribution in [0.3, 0.4) is 0 Å². The van der Waals surface area contributed by atoms with E-state index in [1.165, 1.54) is 135 Å². The van der Waals surface area contributed by atoms with Crippen molar-refractivity contribution in [2.45, 2.75) is 26.4 Å². The molecule has 326 valence electrons. The van der Waals surface area contributed by atoms with Gasteiger partial charge in [0, 0.05) is 26.5 Å². The summed E-state index contributed by atoms with van der Waals surface area (Å²) in [7, 11) is 3.06. The number of carbonyl (C=O) groups is 6. The maximum atomic E-state index is 12.9. The molecule has 0 heterocycles. The summed E-state index contributed by atoms with van der Waals surface area (Å²) >= 11 is 0. The smallest absolute Gasteiger partial charge is 0.347 e. The van der Waals surface area contributed by atoms with Crippen molar-refractivity contribution in [3.8, 4) is 46.0 Å². The van der Waals surface area contributed by atoms with Crippen LogP contribution in [0.2, 0.25) is 0 Å². The average molecular weight is 869 g/mol. The first-order valence-corrected chi connectivity index (χ1v) is 19.5. The zero-order valence-electron chi connectivity index (χ0n) is 34.9. The Morgan fingerprint density at radius 3 is 1.06 bits per heavy atom. The van der Waals surface area contributed by atoms with Crippen LogP contribution in [-0.2, 0) is 9.53 Å². The van der Waals surface area contributed by atoms with Crippen molar-refractivity contribution in [2.75, 3.05) is 20.8 Å². The number of methoxy groups -OCH3 is 2. The lowest BCUT2D eigenvalue weighted by Gasteiger charge is -2.13. The Balaban J connectivity index is 0.943. The van der Waals surface area contributed by atoms with E-state index in [1.54, 1.807) is 25.3 Å². The van der Waals surface area contributed by atoms with Gasteiger partial charge in [0.15, 0.2) is 0 Å². The van der Waals surface area contributed by atoms with Crippen LogP contribution in [0.4, 0.5) is 0 Å². The predicted octanol–water partition coefficient (Wildman–Crippen LogP) is 8.52. The van der Waals surface area contributed by atoms with Crippen molar-refractivity contribution < 1.29 is 71.4 Å². The minimum absolute atomic E-state index is 0.0403. The summed E-state index contributed by atoms with van der Waals surface area (Å²) in [5.41, 5.74) is 0.942. The fourth-order valence-electron chi connectivity index (χ4n) is 5.59. The molecule has 64 heavy (non-hydrogen) atoms. The Kier molecular flexibility index (Phi) is 15.2. The Labute approximate surface area is 366 Å². The van der Waals surface area contributed by atoms with Gasteiger partial charge in [0.05, 0.1) is 42.1 Å². The zero-order chi connectivity index (χ0) is 45.6. The van der Waals surface area contributed by atoms with Crippen molar-refractivity contribution in [2.24, 2.45) is 0 Å². The summed E-state index contributed by atoms with van der Waals surface area (Å²) < 4.78 is 48.4. The second-order valence-corrected chi connectivity index (χ2v) is 13.7. The highest BCUT2D eigenvalue weighted by Gasteiger charge is 2.18. The molecular weight excluding hydrogens is 829 g/mol. The number of carbonyl (C=O) groups excluding carboxylic acids is 6. The van der Waals surface area contributed by atoms with Crippen molar-refractivity contribution in [3.63, 3.8) is 0 Å². The first-order chi connectivity index (χ1) is 30.9. The van der Waals surface area contributed by atoms with E-state index in [4.69, 9.17) is 42.6 Å². The van der Waals surface area contributed by atoms with E-state index < -0.39 is 35.8 Å². The van der Waals surface area contributed by atoms with Crippen LogP contribution in [0.5, 0.6) is 46.0 Å². The van der Waals surface area contributed by atoms with Crippen LogP contribution in [0, 0.1) is 0 Å². The summed E-state index contributed by atoms with van der Waals surface area (Å²) in [5, 5.41) is 0. The van der Waals surface area contributed by atoms with Crippen LogP contribution >= 0.6 is 0 Å². The minimum atomic E-state index is -0.693. The van der Waals surface area contributed by atoms with Gasteiger partial charge in [0.1, 0.15) is 51.6 Å². The molecule has 0 fully saturated rings. The molecule has 0 saturated heterocycles. The zero-order valence-corrected chi connectivity index (χ0v) is 34.9. The molecule has 15 nitrogen and oxygen atoms in total. The maximum absolute atomic E-state index is 12.9. The fourth-order valence-corrected chi connectivity index (χ4v) is 5.59. The molecule has 0 amide bonds. The molecular formula is C49H40O15. The highest BCUT2D eigenvalue weighted by atomic mass is 16.6. The monoisotopic (exact) mass is 868 g/mol. The number of hydrogen-bond donors (Lipinski definition) is 0. The first kappa shape index (κ1) is 45.2. The molecule has 0 aliphatic rings. The van der Waals surface area contributed by atoms with E-state index in [0.29, 0.717) is 18.8 Å². The maximum Gasteiger partial charge on any atom is 0.347 e. The van der Waals surface area contributed by atoms with Crippen molar-refractivity contribution in [1.29, 1.82) is 0 Å². The van der Waals surface area contributed by atoms with Crippen molar-refractivity contribution in [1.82, 2.24) is 0 Å². The van der Waals surface area contributed by atoms with Crippen LogP contribution < -0.4 is 37.9 Å². The second kappa shape index (κ2) is 21.5. The molecule has 0 aliphatic heterocycles. The van der Waals surface area contributed by atoms with Gasteiger partial charge in [0.2, 0.25) is 0 Å². The third kappa shape index (κ3) is 12.6. The highest BCUT2D eigenvalue weighted by Crippen LogP contribution is 2.28. The van der Waals surface area contributed by atoms with Crippen molar-refractivity contribution in [3.05, 3.63) is 167 Å². The van der Waals surface area contributed by atoms with Gasteiger partial charge < -0.3 is 42.6 Å². The van der Waals surface area contributed by atoms with Crippen LogP contribution in [-0.4, -0.2) is 62.7 Å². The lowest BCUT2D eigenvalue weighted by molar-refractivity contribution is -0.131. The standard InChI is InChI=1S/C49H40O15/c1-30(56-3)27-28-58-42-25-26-43(44(29-42)57-4)49(55)64-39-19-11-35(12-20-39)46(52)61-38-17-9-34(10-18-38)48(54)63-41-23-21-40(22-24-41)62-47(53)33-7-15-37(16-8-33)60-45(51)32-5-13-36(14-6-32)59-31(2)50/h5-26,29-30H,27-28H2,1-4H3. The Bertz CT molecular complexity index is 2600. The number of esters is 6. The molecule has 6 aromatic rings. The molecule has 0 aliphatic carbocycles. The Morgan fingerprint density at radius 2 is 0.734 bits per heavy atom. The van der Waals surface area contributed by atoms with E-state index in [-0.39, 0.29) is 74.2 Å². The predicted molar refractivity (Wildman–Crippen MR) is 228 cm³/mol. The number of benzene rings is 6. The molecule has 0 saturated carbocycles. The molecule has 6 aromatic carbocycles. The van der Waals surface area contributed by atoms with Crippen molar-refractivity contribution >= 4 is 35.8 Å². The van der Waals surface area contributed by atoms with Gasteiger partial charge >= 0.3 is 35.8 Å². The number of rotatable bonds is 17. The molecule has 6 rings (SSSR count). The Morgan fingerprint density at radius 1 is 0.422 bits per heavy atom. The second-order valence-electron chi connectivity index (χ2n) is 13.7. The van der Waals surface area contributed by atoms with E-state index in [2.05, 4.69) is 0 Å². The minimum Gasteiger partial charge on any atom is -0.496 e. The summed E-state index contributed by atoms with van der Waals surface area (Å²) in [4.78, 5) is 75.0. The van der Waals surface area contributed by atoms with Crippen LogP contribution in [0.1, 0.15) is 72.1 Å². The van der Waals surface area contributed by atoms with Gasteiger partial charge in [0.25, 0.3) is 0 Å². The number of ether oxygens (including phenoxy) is 9. The average Bonchev–Trinajstić information content (AvgIpc) is 3.30. The topological polar surface area (TPSA) is 185 Å². The van der Waals surface area contributed by atoms with Gasteiger partial charge in [-0.15, -0.1) is 0 Å². The van der Waals surface area contributed by atoms with E-state index in [0.717, 1.165) is 0 Å². The van der Waals surface area contributed by atoms with E-state index in [1.807, 2.05) is 6.92 Å². The van der Waals surface area contributed by atoms with Crippen LogP contribution in [0.25, 0.3) is 0 Å².